The standard InChI is InChI=1S/C17H24ClN3O5.ClH/c18-13-2-3-16(15(12-13)21(23)24)26-11-6-17(22)20-8-4-14(5-9-20)25-10-1-7-19;/h2-3,12,14H,1,4-11,19H2;1H. The molecule has 1 saturated heterocycles. The van der Waals surface area contributed by atoms with Crippen LogP contribution in [0.5, 0.6) is 5.75 Å². The van der Waals surface area contributed by atoms with E-state index in [4.69, 9.17) is 26.8 Å². The van der Waals surface area contributed by atoms with E-state index in [0.29, 0.717) is 26.2 Å². The number of nitro groups is 1. The van der Waals surface area contributed by atoms with Gasteiger partial charge in [0.25, 0.3) is 0 Å². The molecule has 152 valence electrons. The molecule has 2 rings (SSSR count). The average molecular weight is 422 g/mol. The van der Waals surface area contributed by atoms with Crippen LogP contribution in [0.4, 0.5) is 5.69 Å². The maximum atomic E-state index is 12.3. The zero-order chi connectivity index (χ0) is 18.9. The lowest BCUT2D eigenvalue weighted by Gasteiger charge is -2.32. The van der Waals surface area contributed by atoms with E-state index in [1.165, 1.54) is 18.2 Å². The van der Waals surface area contributed by atoms with Crippen molar-refractivity contribution in [1.82, 2.24) is 4.90 Å². The lowest BCUT2D eigenvalue weighted by atomic mass is 10.1. The lowest BCUT2D eigenvalue weighted by molar-refractivity contribution is -0.385. The largest absolute Gasteiger partial charge is 0.486 e. The summed E-state index contributed by atoms with van der Waals surface area (Å²) in [5.41, 5.74) is 5.23. The minimum atomic E-state index is -0.557. The predicted octanol–water partition coefficient (Wildman–Crippen LogP) is 2.80. The number of nitro benzene ring substituents is 1. The van der Waals surface area contributed by atoms with Gasteiger partial charge < -0.3 is 20.1 Å². The fraction of sp³-hybridized carbons (Fsp3) is 0.588. The third-order valence-electron chi connectivity index (χ3n) is 4.19. The molecule has 0 bridgehead atoms. The van der Waals surface area contributed by atoms with Crippen LogP contribution in [0.25, 0.3) is 0 Å². The third kappa shape index (κ3) is 7.50. The van der Waals surface area contributed by atoms with Crippen LogP contribution in [0.2, 0.25) is 5.02 Å². The van der Waals surface area contributed by atoms with Gasteiger partial charge in [-0.25, -0.2) is 0 Å². The summed E-state index contributed by atoms with van der Waals surface area (Å²) < 4.78 is 11.1. The number of rotatable bonds is 9. The zero-order valence-electron chi connectivity index (χ0n) is 15.0. The Morgan fingerprint density at radius 1 is 1.33 bits per heavy atom. The molecule has 1 aromatic rings. The first-order valence-electron chi connectivity index (χ1n) is 8.67. The highest BCUT2D eigenvalue weighted by molar-refractivity contribution is 6.30. The van der Waals surface area contributed by atoms with Crippen molar-refractivity contribution < 1.29 is 19.2 Å². The molecule has 0 atom stereocenters. The van der Waals surface area contributed by atoms with Crippen LogP contribution in [0.15, 0.2) is 18.2 Å². The van der Waals surface area contributed by atoms with E-state index < -0.39 is 4.92 Å². The highest BCUT2D eigenvalue weighted by atomic mass is 35.5. The van der Waals surface area contributed by atoms with Gasteiger partial charge in [0.1, 0.15) is 0 Å². The first-order valence-corrected chi connectivity index (χ1v) is 9.05. The van der Waals surface area contributed by atoms with Crippen LogP contribution in [0.3, 0.4) is 0 Å². The number of nitrogens with two attached hydrogens (primary N) is 1. The Balaban J connectivity index is 0.00000364. The summed E-state index contributed by atoms with van der Waals surface area (Å²) in [5, 5.41) is 11.3. The molecule has 0 spiro atoms. The average Bonchev–Trinajstić information content (AvgIpc) is 2.63. The second-order valence-electron chi connectivity index (χ2n) is 6.06. The fourth-order valence-electron chi connectivity index (χ4n) is 2.77. The first-order chi connectivity index (χ1) is 12.5. The van der Waals surface area contributed by atoms with Crippen LogP contribution < -0.4 is 10.5 Å². The van der Waals surface area contributed by atoms with E-state index in [0.717, 1.165) is 19.3 Å². The highest BCUT2D eigenvalue weighted by Crippen LogP contribution is 2.30. The monoisotopic (exact) mass is 421 g/mol. The maximum absolute atomic E-state index is 12.3. The van der Waals surface area contributed by atoms with Crippen LogP contribution >= 0.6 is 24.0 Å². The second kappa shape index (κ2) is 12.0. The fourth-order valence-corrected chi connectivity index (χ4v) is 2.93. The molecular weight excluding hydrogens is 397 g/mol. The summed E-state index contributed by atoms with van der Waals surface area (Å²) in [7, 11) is 0. The summed E-state index contributed by atoms with van der Waals surface area (Å²) in [6.45, 7) is 2.64. The number of hydrogen-bond donors (Lipinski definition) is 1. The van der Waals surface area contributed by atoms with Gasteiger partial charge >= 0.3 is 5.69 Å². The molecule has 0 saturated carbocycles. The number of piperidine rings is 1. The number of nitrogens with zero attached hydrogens (tertiary/aromatic N) is 2. The van der Waals surface area contributed by atoms with Gasteiger partial charge in [-0.2, -0.15) is 0 Å². The maximum Gasteiger partial charge on any atom is 0.312 e. The van der Waals surface area contributed by atoms with Crippen molar-refractivity contribution in [2.24, 2.45) is 5.73 Å². The summed E-state index contributed by atoms with van der Waals surface area (Å²) >= 11 is 5.76. The van der Waals surface area contributed by atoms with E-state index >= 15 is 0 Å². The summed E-state index contributed by atoms with van der Waals surface area (Å²) in [6.07, 6.45) is 2.80. The van der Waals surface area contributed by atoms with E-state index in [9.17, 15) is 14.9 Å². The van der Waals surface area contributed by atoms with Gasteiger partial charge in [-0.05, 0) is 37.9 Å². The molecule has 2 N–H and O–H groups in total. The topological polar surface area (TPSA) is 108 Å². The van der Waals surface area contributed by atoms with Crippen molar-refractivity contribution in [3.05, 3.63) is 33.3 Å². The van der Waals surface area contributed by atoms with Crippen LogP contribution in [-0.4, -0.2) is 54.7 Å². The smallest absolute Gasteiger partial charge is 0.312 e. The van der Waals surface area contributed by atoms with Gasteiger partial charge in [0, 0.05) is 30.8 Å². The number of carbonyl (C=O) groups is 1. The molecule has 27 heavy (non-hydrogen) atoms. The zero-order valence-corrected chi connectivity index (χ0v) is 16.5. The summed E-state index contributed by atoms with van der Waals surface area (Å²) in [5.74, 6) is 0.0845. The van der Waals surface area contributed by atoms with E-state index in [1.54, 1.807) is 4.90 Å². The molecule has 1 aliphatic heterocycles. The Labute approximate surface area is 169 Å². The minimum Gasteiger partial charge on any atom is -0.486 e. The van der Waals surface area contributed by atoms with Crippen LogP contribution in [0, 0.1) is 10.1 Å². The van der Waals surface area contributed by atoms with Crippen LogP contribution in [0.1, 0.15) is 25.7 Å². The molecule has 8 nitrogen and oxygen atoms in total. The molecule has 1 heterocycles. The number of halogens is 2. The summed E-state index contributed by atoms with van der Waals surface area (Å²) in [6, 6.07) is 4.18. The number of ether oxygens (including phenoxy) is 2. The van der Waals surface area contributed by atoms with Crippen molar-refractivity contribution in [1.29, 1.82) is 0 Å². The molecule has 0 radical (unpaired) electrons. The second-order valence-corrected chi connectivity index (χ2v) is 6.50. The molecule has 0 aliphatic carbocycles. The Bertz CT molecular complexity index is 625. The van der Waals surface area contributed by atoms with Gasteiger partial charge in [-0.3, -0.25) is 14.9 Å². The third-order valence-corrected chi connectivity index (χ3v) is 4.42. The van der Waals surface area contributed by atoms with Gasteiger partial charge in [-0.1, -0.05) is 11.6 Å². The van der Waals surface area contributed by atoms with Gasteiger partial charge in [0.2, 0.25) is 5.91 Å². The molecular formula is C17H25Cl2N3O5. The van der Waals surface area contributed by atoms with E-state index in [-0.39, 0.29) is 53.9 Å². The number of carbonyl (C=O) groups excluding carboxylic acids is 1. The number of amides is 1. The lowest BCUT2D eigenvalue weighted by Crippen LogP contribution is -2.41. The first kappa shape index (κ1) is 23.4. The number of benzene rings is 1. The molecule has 0 unspecified atom stereocenters. The van der Waals surface area contributed by atoms with Gasteiger partial charge in [0.15, 0.2) is 5.75 Å². The Kier molecular flexibility index (Phi) is 10.4. The van der Waals surface area contributed by atoms with Crippen molar-refractivity contribution in [2.45, 2.75) is 31.8 Å². The molecule has 1 aromatic carbocycles. The minimum absolute atomic E-state index is 0. The molecule has 1 amide bonds. The van der Waals surface area contributed by atoms with Crippen molar-refractivity contribution in [2.75, 3.05) is 32.8 Å². The Morgan fingerprint density at radius 2 is 2.04 bits per heavy atom. The Hall–Kier alpha value is -1.61. The normalized spacial score (nSPS) is 14.5. The van der Waals surface area contributed by atoms with E-state index in [1.807, 2.05) is 0 Å². The van der Waals surface area contributed by atoms with E-state index in [2.05, 4.69) is 0 Å². The van der Waals surface area contributed by atoms with Crippen molar-refractivity contribution in [3.63, 3.8) is 0 Å². The summed E-state index contributed by atoms with van der Waals surface area (Å²) in [4.78, 5) is 24.5. The van der Waals surface area contributed by atoms with Gasteiger partial charge in [0.05, 0.1) is 24.1 Å². The molecule has 1 fully saturated rings. The predicted molar refractivity (Wildman–Crippen MR) is 105 cm³/mol. The van der Waals surface area contributed by atoms with Gasteiger partial charge in [-0.15, -0.1) is 12.4 Å². The molecule has 10 heteroatoms. The molecule has 1 aliphatic rings. The Morgan fingerprint density at radius 3 is 2.67 bits per heavy atom. The van der Waals surface area contributed by atoms with Crippen LogP contribution in [-0.2, 0) is 9.53 Å². The van der Waals surface area contributed by atoms with Crippen molar-refractivity contribution in [3.8, 4) is 5.75 Å². The van der Waals surface area contributed by atoms with Crippen molar-refractivity contribution >= 4 is 35.6 Å². The SMILES string of the molecule is Cl.NCCCOC1CCN(C(=O)CCOc2ccc(Cl)cc2[N+](=O)[O-])CC1. The quantitative estimate of drug-likeness (QED) is 0.373. The number of likely N-dealkylation sites (tertiary alicyclic amines) is 1. The molecule has 0 aromatic heterocycles. The highest BCUT2D eigenvalue weighted by Gasteiger charge is 2.23. The number of hydrogen-bond acceptors (Lipinski definition) is 6.